The molecule has 0 spiro atoms. The van der Waals surface area contributed by atoms with E-state index in [1.807, 2.05) is 12.1 Å². The predicted molar refractivity (Wildman–Crippen MR) is 103 cm³/mol. The van der Waals surface area contributed by atoms with E-state index >= 15 is 0 Å². The van der Waals surface area contributed by atoms with Gasteiger partial charge in [0.1, 0.15) is 11.8 Å². The van der Waals surface area contributed by atoms with Crippen LogP contribution in [0.3, 0.4) is 0 Å². The van der Waals surface area contributed by atoms with Crippen LogP contribution in [-0.2, 0) is 14.9 Å². The first-order valence-electron chi connectivity index (χ1n) is 8.70. The fourth-order valence-corrected chi connectivity index (χ4v) is 2.53. The molecule has 1 aliphatic heterocycles. The summed E-state index contributed by atoms with van der Waals surface area (Å²) in [5.41, 5.74) is 1.02. The average molecular weight is 371 g/mol. The average Bonchev–Trinajstić information content (AvgIpc) is 2.59. The van der Waals surface area contributed by atoms with E-state index in [0.717, 1.165) is 18.9 Å². The second-order valence-electron chi connectivity index (χ2n) is 7.41. The van der Waals surface area contributed by atoms with Crippen LogP contribution in [0.25, 0.3) is 0 Å². The van der Waals surface area contributed by atoms with Gasteiger partial charge in [-0.25, -0.2) is 0 Å². The minimum Gasteiger partial charge on any atom is -0.493 e. The molecule has 6 heteroatoms. The van der Waals surface area contributed by atoms with Crippen molar-refractivity contribution < 1.29 is 14.3 Å². The predicted octanol–water partition coefficient (Wildman–Crippen LogP) is 2.53. The number of carbonyl (C=O) groups excluding carboxylic acids is 1. The minimum absolute atomic E-state index is 0. The fourth-order valence-electron chi connectivity index (χ4n) is 2.53. The molecule has 0 aliphatic carbocycles. The van der Waals surface area contributed by atoms with Crippen LogP contribution >= 0.6 is 12.4 Å². The maximum atomic E-state index is 12.2. The number of rotatable bonds is 7. The van der Waals surface area contributed by atoms with E-state index in [1.165, 1.54) is 5.56 Å². The van der Waals surface area contributed by atoms with E-state index in [4.69, 9.17) is 9.47 Å². The molecule has 0 bridgehead atoms. The van der Waals surface area contributed by atoms with Crippen LogP contribution in [0.2, 0.25) is 0 Å². The standard InChI is InChI=1S/C19H30N2O3.ClH/c1-14(2)11-24-16-7-5-15(6-8-16)19(3,4)13-21-18(22)17-12-23-10-9-20-17;/h5-8,14,17,20H,9-13H2,1-4H3,(H,21,22);1H. The van der Waals surface area contributed by atoms with Gasteiger partial charge in [-0.2, -0.15) is 0 Å². The van der Waals surface area contributed by atoms with Crippen LogP contribution in [0.1, 0.15) is 33.3 Å². The SMILES string of the molecule is CC(C)COc1ccc(C(C)(C)CNC(=O)C2COCCN2)cc1.Cl. The molecule has 1 aliphatic rings. The molecule has 1 heterocycles. The van der Waals surface area contributed by atoms with Gasteiger partial charge >= 0.3 is 0 Å². The monoisotopic (exact) mass is 370 g/mol. The van der Waals surface area contributed by atoms with E-state index in [9.17, 15) is 4.79 Å². The highest BCUT2D eigenvalue weighted by molar-refractivity contribution is 5.85. The Balaban J connectivity index is 0.00000312. The molecule has 1 aromatic carbocycles. The lowest BCUT2D eigenvalue weighted by molar-refractivity contribution is -0.126. The summed E-state index contributed by atoms with van der Waals surface area (Å²) < 4.78 is 11.1. The Labute approximate surface area is 157 Å². The van der Waals surface area contributed by atoms with E-state index in [-0.39, 0.29) is 29.8 Å². The van der Waals surface area contributed by atoms with Crippen molar-refractivity contribution in [1.82, 2.24) is 10.6 Å². The highest BCUT2D eigenvalue weighted by Gasteiger charge is 2.25. The summed E-state index contributed by atoms with van der Waals surface area (Å²) in [6.07, 6.45) is 0. The van der Waals surface area contributed by atoms with Crippen molar-refractivity contribution in [3.63, 3.8) is 0 Å². The summed E-state index contributed by atoms with van der Waals surface area (Å²) in [5, 5.41) is 6.21. The summed E-state index contributed by atoms with van der Waals surface area (Å²) >= 11 is 0. The number of carbonyl (C=O) groups is 1. The highest BCUT2D eigenvalue weighted by Crippen LogP contribution is 2.25. The first-order valence-corrected chi connectivity index (χ1v) is 8.70. The topological polar surface area (TPSA) is 59.6 Å². The summed E-state index contributed by atoms with van der Waals surface area (Å²) in [7, 11) is 0. The first kappa shape index (κ1) is 21.7. The summed E-state index contributed by atoms with van der Waals surface area (Å²) in [6.45, 7) is 11.6. The number of ether oxygens (including phenoxy) is 2. The molecule has 2 rings (SSSR count). The number of hydrogen-bond donors (Lipinski definition) is 2. The van der Waals surface area contributed by atoms with E-state index < -0.39 is 0 Å². The minimum atomic E-state index is -0.249. The Morgan fingerprint density at radius 1 is 1.36 bits per heavy atom. The zero-order valence-electron chi connectivity index (χ0n) is 15.6. The molecule has 25 heavy (non-hydrogen) atoms. The van der Waals surface area contributed by atoms with Crippen molar-refractivity contribution in [2.45, 2.75) is 39.2 Å². The highest BCUT2D eigenvalue weighted by atomic mass is 35.5. The van der Waals surface area contributed by atoms with Gasteiger partial charge < -0.3 is 20.1 Å². The number of benzene rings is 1. The normalized spacial score (nSPS) is 17.7. The Kier molecular flexibility index (Phi) is 8.69. The van der Waals surface area contributed by atoms with Gasteiger partial charge in [0.25, 0.3) is 0 Å². The smallest absolute Gasteiger partial charge is 0.239 e. The van der Waals surface area contributed by atoms with Gasteiger partial charge in [-0.3, -0.25) is 4.79 Å². The van der Waals surface area contributed by atoms with Crippen LogP contribution < -0.4 is 15.4 Å². The summed E-state index contributed by atoms with van der Waals surface area (Å²) in [4.78, 5) is 12.2. The summed E-state index contributed by atoms with van der Waals surface area (Å²) in [6, 6.07) is 7.89. The van der Waals surface area contributed by atoms with Crippen molar-refractivity contribution in [2.75, 3.05) is 32.9 Å². The third-order valence-corrected chi connectivity index (χ3v) is 4.16. The largest absolute Gasteiger partial charge is 0.493 e. The van der Waals surface area contributed by atoms with Gasteiger partial charge in [0.05, 0.1) is 19.8 Å². The van der Waals surface area contributed by atoms with Gasteiger partial charge in [0.15, 0.2) is 0 Å². The number of amides is 1. The molecule has 0 saturated carbocycles. The number of nitrogens with one attached hydrogen (secondary N) is 2. The van der Waals surface area contributed by atoms with Crippen molar-refractivity contribution in [1.29, 1.82) is 0 Å². The molecule has 1 unspecified atom stereocenters. The van der Waals surface area contributed by atoms with E-state index in [2.05, 4.69) is 50.5 Å². The molecule has 0 aromatic heterocycles. The molecule has 1 atom stereocenters. The molecule has 5 nitrogen and oxygen atoms in total. The first-order chi connectivity index (χ1) is 11.4. The lowest BCUT2D eigenvalue weighted by Crippen LogP contribution is -2.52. The molecule has 2 N–H and O–H groups in total. The van der Waals surface area contributed by atoms with Crippen LogP contribution in [0.5, 0.6) is 5.75 Å². The molecule has 1 saturated heterocycles. The number of morpholine rings is 1. The quantitative estimate of drug-likeness (QED) is 0.774. The molecular weight excluding hydrogens is 340 g/mol. The second-order valence-corrected chi connectivity index (χ2v) is 7.41. The van der Waals surface area contributed by atoms with Gasteiger partial charge in [-0.1, -0.05) is 39.8 Å². The lowest BCUT2D eigenvalue weighted by atomic mass is 9.84. The maximum absolute atomic E-state index is 12.2. The zero-order chi connectivity index (χ0) is 17.6. The van der Waals surface area contributed by atoms with Crippen LogP contribution in [0, 0.1) is 5.92 Å². The van der Waals surface area contributed by atoms with Gasteiger partial charge in [-0.15, -0.1) is 12.4 Å². The summed E-state index contributed by atoms with van der Waals surface area (Å²) in [5.74, 6) is 1.39. The Morgan fingerprint density at radius 3 is 2.60 bits per heavy atom. The van der Waals surface area contributed by atoms with Crippen molar-refractivity contribution >= 4 is 18.3 Å². The third-order valence-electron chi connectivity index (χ3n) is 4.16. The Morgan fingerprint density at radius 2 is 2.04 bits per heavy atom. The van der Waals surface area contributed by atoms with Gasteiger partial charge in [-0.05, 0) is 23.6 Å². The van der Waals surface area contributed by atoms with Crippen molar-refractivity contribution in [3.05, 3.63) is 29.8 Å². The third kappa shape index (κ3) is 6.84. The number of halogens is 1. The molecule has 0 radical (unpaired) electrons. The van der Waals surface area contributed by atoms with Crippen molar-refractivity contribution in [2.24, 2.45) is 5.92 Å². The van der Waals surface area contributed by atoms with Crippen LogP contribution in [0.15, 0.2) is 24.3 Å². The lowest BCUT2D eigenvalue weighted by Gasteiger charge is -2.28. The van der Waals surface area contributed by atoms with Crippen LogP contribution in [-0.4, -0.2) is 44.9 Å². The molecule has 142 valence electrons. The van der Waals surface area contributed by atoms with Crippen molar-refractivity contribution in [3.8, 4) is 5.75 Å². The molecule has 1 fully saturated rings. The molecule has 1 amide bonds. The Bertz CT molecular complexity index is 526. The van der Waals surface area contributed by atoms with Gasteiger partial charge in [0, 0.05) is 18.5 Å². The van der Waals surface area contributed by atoms with Gasteiger partial charge in [0.2, 0.25) is 5.91 Å². The van der Waals surface area contributed by atoms with E-state index in [0.29, 0.717) is 25.7 Å². The fraction of sp³-hybridized carbons (Fsp3) is 0.632. The van der Waals surface area contributed by atoms with E-state index in [1.54, 1.807) is 0 Å². The Hall–Kier alpha value is -1.30. The maximum Gasteiger partial charge on any atom is 0.239 e. The number of hydrogen-bond acceptors (Lipinski definition) is 4. The zero-order valence-corrected chi connectivity index (χ0v) is 16.4. The molecular formula is C19H31ClN2O3. The molecule has 1 aromatic rings. The second kappa shape index (κ2) is 10.00. The van der Waals surface area contributed by atoms with Crippen LogP contribution in [0.4, 0.5) is 0 Å².